The van der Waals surface area contributed by atoms with Gasteiger partial charge in [-0.1, -0.05) is 0 Å². The molecule has 1 aliphatic rings. The highest BCUT2D eigenvalue weighted by atomic mass is 16.4. The van der Waals surface area contributed by atoms with E-state index in [0.717, 1.165) is 32.6 Å². The molecule has 1 fully saturated rings. The average Bonchev–Trinajstić information content (AvgIpc) is 2.73. The number of aromatic carboxylic acids is 1. The molecule has 2 aromatic rings. The number of benzene rings is 1. The molecule has 1 N–H and O–H groups in total. The van der Waals surface area contributed by atoms with E-state index in [-0.39, 0.29) is 5.56 Å². The number of rotatable bonds is 2. The van der Waals surface area contributed by atoms with E-state index in [1.54, 1.807) is 12.1 Å². The van der Waals surface area contributed by atoms with Crippen molar-refractivity contribution in [3.63, 3.8) is 0 Å². The van der Waals surface area contributed by atoms with Crippen LogP contribution in [0.5, 0.6) is 0 Å². The molecule has 0 unspecified atom stereocenters. The van der Waals surface area contributed by atoms with Gasteiger partial charge >= 0.3 is 5.97 Å². The highest BCUT2D eigenvalue weighted by Crippen LogP contribution is 2.23. The predicted octanol–water partition coefficient (Wildman–Crippen LogP) is 1.67. The Morgan fingerprint density at radius 1 is 1.30 bits per heavy atom. The van der Waals surface area contributed by atoms with Crippen molar-refractivity contribution in [1.82, 2.24) is 9.88 Å². The maximum Gasteiger partial charge on any atom is 0.335 e. The Balaban J connectivity index is 1.90. The number of fused-ring (bicyclic) bond motifs is 1. The van der Waals surface area contributed by atoms with Gasteiger partial charge in [-0.25, -0.2) is 4.79 Å². The Bertz CT molecular complexity index is 638. The van der Waals surface area contributed by atoms with Crippen molar-refractivity contribution >= 4 is 23.1 Å². The molecule has 6 nitrogen and oxygen atoms in total. The van der Waals surface area contributed by atoms with Crippen molar-refractivity contribution in [2.24, 2.45) is 0 Å². The van der Waals surface area contributed by atoms with Crippen LogP contribution in [-0.4, -0.2) is 54.2 Å². The van der Waals surface area contributed by atoms with Gasteiger partial charge in [-0.2, -0.15) is 4.98 Å². The van der Waals surface area contributed by atoms with Crippen LogP contribution in [0.4, 0.5) is 6.01 Å². The first-order valence-corrected chi connectivity index (χ1v) is 6.71. The first-order valence-electron chi connectivity index (χ1n) is 6.71. The molecular weight excluding hydrogens is 258 g/mol. The summed E-state index contributed by atoms with van der Waals surface area (Å²) in [4.78, 5) is 19.8. The van der Waals surface area contributed by atoms with E-state index in [1.165, 1.54) is 6.07 Å². The van der Waals surface area contributed by atoms with Crippen molar-refractivity contribution in [2.75, 3.05) is 38.1 Å². The van der Waals surface area contributed by atoms with Gasteiger partial charge < -0.3 is 19.3 Å². The monoisotopic (exact) mass is 275 g/mol. The fourth-order valence-electron chi connectivity index (χ4n) is 2.42. The van der Waals surface area contributed by atoms with E-state index >= 15 is 0 Å². The molecule has 106 valence electrons. The molecule has 0 radical (unpaired) electrons. The van der Waals surface area contributed by atoms with Gasteiger partial charge in [0, 0.05) is 19.6 Å². The first kappa shape index (κ1) is 12.9. The molecule has 6 heteroatoms. The molecule has 20 heavy (non-hydrogen) atoms. The maximum atomic E-state index is 11.0. The number of likely N-dealkylation sites (N-methyl/N-ethyl adjacent to an activating group) is 1. The third-order valence-corrected chi connectivity index (χ3v) is 3.61. The van der Waals surface area contributed by atoms with Crippen molar-refractivity contribution in [2.45, 2.75) is 6.42 Å². The smallest absolute Gasteiger partial charge is 0.335 e. The van der Waals surface area contributed by atoms with E-state index in [1.807, 2.05) is 0 Å². The van der Waals surface area contributed by atoms with Gasteiger partial charge in [0.25, 0.3) is 6.01 Å². The molecule has 3 rings (SSSR count). The van der Waals surface area contributed by atoms with Crippen molar-refractivity contribution in [3.05, 3.63) is 23.8 Å². The first-order chi connectivity index (χ1) is 9.63. The fraction of sp³-hybridized carbons (Fsp3) is 0.429. The summed E-state index contributed by atoms with van der Waals surface area (Å²) in [5.41, 5.74) is 1.44. The molecule has 1 aromatic carbocycles. The van der Waals surface area contributed by atoms with Crippen LogP contribution in [0.3, 0.4) is 0 Å². The summed E-state index contributed by atoms with van der Waals surface area (Å²) < 4.78 is 5.72. The lowest BCUT2D eigenvalue weighted by Gasteiger charge is -2.17. The fourth-order valence-corrected chi connectivity index (χ4v) is 2.42. The van der Waals surface area contributed by atoms with Gasteiger partial charge in [-0.15, -0.1) is 0 Å². The largest absolute Gasteiger partial charge is 0.478 e. The van der Waals surface area contributed by atoms with Crippen LogP contribution >= 0.6 is 0 Å². The highest BCUT2D eigenvalue weighted by Gasteiger charge is 2.18. The Morgan fingerprint density at radius 2 is 2.15 bits per heavy atom. The van der Waals surface area contributed by atoms with Gasteiger partial charge in [0.1, 0.15) is 5.52 Å². The van der Waals surface area contributed by atoms with Gasteiger partial charge in [0.05, 0.1) is 5.56 Å². The lowest BCUT2D eigenvalue weighted by Crippen LogP contribution is -2.28. The number of oxazole rings is 1. The predicted molar refractivity (Wildman–Crippen MR) is 75.3 cm³/mol. The molecule has 0 saturated carbocycles. The summed E-state index contributed by atoms with van der Waals surface area (Å²) in [5, 5.41) is 8.99. The van der Waals surface area contributed by atoms with Crippen LogP contribution in [0.1, 0.15) is 16.8 Å². The van der Waals surface area contributed by atoms with Crippen LogP contribution < -0.4 is 4.90 Å². The van der Waals surface area contributed by atoms with E-state index in [2.05, 4.69) is 21.8 Å². The summed E-state index contributed by atoms with van der Waals surface area (Å²) in [6.07, 6.45) is 1.07. The topological polar surface area (TPSA) is 69.8 Å². The second kappa shape index (κ2) is 5.13. The molecule has 0 spiro atoms. The third-order valence-electron chi connectivity index (χ3n) is 3.61. The maximum absolute atomic E-state index is 11.0. The Morgan fingerprint density at radius 3 is 2.95 bits per heavy atom. The molecular formula is C14H17N3O3. The van der Waals surface area contributed by atoms with Crippen LogP contribution in [0.15, 0.2) is 22.6 Å². The minimum Gasteiger partial charge on any atom is -0.478 e. The highest BCUT2D eigenvalue weighted by molar-refractivity contribution is 5.92. The zero-order valence-electron chi connectivity index (χ0n) is 11.4. The average molecular weight is 275 g/mol. The van der Waals surface area contributed by atoms with Gasteiger partial charge in [-0.05, 0) is 38.2 Å². The van der Waals surface area contributed by atoms with Gasteiger partial charge in [0.15, 0.2) is 5.58 Å². The third kappa shape index (κ3) is 2.46. The summed E-state index contributed by atoms with van der Waals surface area (Å²) in [7, 11) is 2.11. The van der Waals surface area contributed by atoms with Crippen LogP contribution in [0, 0.1) is 0 Å². The molecule has 1 aliphatic heterocycles. The Kier molecular flexibility index (Phi) is 3.31. The zero-order chi connectivity index (χ0) is 14.1. The molecule has 0 bridgehead atoms. The summed E-state index contributed by atoms with van der Waals surface area (Å²) >= 11 is 0. The number of aromatic nitrogens is 1. The Hall–Kier alpha value is -2.08. The normalized spacial score (nSPS) is 17.4. The standard InChI is InChI=1S/C14H17N3O3/c1-16-5-2-6-17(8-7-16)14-15-11-4-3-10(13(18)19)9-12(11)20-14/h3-4,9H,2,5-8H2,1H3,(H,18,19). The number of carboxylic acids is 1. The molecule has 0 aliphatic carbocycles. The lowest BCUT2D eigenvalue weighted by atomic mass is 10.2. The number of nitrogens with zero attached hydrogens (tertiary/aromatic N) is 3. The summed E-state index contributed by atoms with van der Waals surface area (Å²) in [6, 6.07) is 5.35. The quantitative estimate of drug-likeness (QED) is 0.899. The van der Waals surface area contributed by atoms with E-state index in [4.69, 9.17) is 9.52 Å². The van der Waals surface area contributed by atoms with Crippen LogP contribution in [0.2, 0.25) is 0 Å². The molecule has 0 amide bonds. The molecule has 1 saturated heterocycles. The van der Waals surface area contributed by atoms with Crippen molar-refractivity contribution in [1.29, 1.82) is 0 Å². The number of anilines is 1. The number of carbonyl (C=O) groups is 1. The summed E-state index contributed by atoms with van der Waals surface area (Å²) in [5.74, 6) is -0.957. The zero-order valence-corrected chi connectivity index (χ0v) is 11.4. The molecule has 0 atom stereocenters. The minimum absolute atomic E-state index is 0.218. The second-order valence-electron chi connectivity index (χ2n) is 5.13. The van der Waals surface area contributed by atoms with Crippen molar-refractivity contribution in [3.8, 4) is 0 Å². The lowest BCUT2D eigenvalue weighted by molar-refractivity contribution is 0.0697. The number of carboxylic acid groups (broad SMARTS) is 1. The number of hydrogen-bond acceptors (Lipinski definition) is 5. The molecule has 1 aromatic heterocycles. The van der Waals surface area contributed by atoms with Crippen LogP contribution in [-0.2, 0) is 0 Å². The molecule has 2 heterocycles. The Labute approximate surface area is 116 Å². The van der Waals surface area contributed by atoms with Gasteiger partial charge in [-0.3, -0.25) is 0 Å². The van der Waals surface area contributed by atoms with E-state index in [9.17, 15) is 4.79 Å². The van der Waals surface area contributed by atoms with E-state index < -0.39 is 5.97 Å². The van der Waals surface area contributed by atoms with E-state index in [0.29, 0.717) is 17.1 Å². The second-order valence-corrected chi connectivity index (χ2v) is 5.13. The van der Waals surface area contributed by atoms with Crippen molar-refractivity contribution < 1.29 is 14.3 Å². The number of hydrogen-bond donors (Lipinski definition) is 1. The SMILES string of the molecule is CN1CCCN(c2nc3ccc(C(=O)O)cc3o2)CC1. The van der Waals surface area contributed by atoms with Crippen LogP contribution in [0.25, 0.3) is 11.1 Å². The summed E-state index contributed by atoms with van der Waals surface area (Å²) in [6.45, 7) is 3.82. The minimum atomic E-state index is -0.957. The van der Waals surface area contributed by atoms with Gasteiger partial charge in [0.2, 0.25) is 0 Å².